The van der Waals surface area contributed by atoms with E-state index in [-0.39, 0.29) is 0 Å². The molecule has 2 aliphatic carbocycles. The van der Waals surface area contributed by atoms with Crippen molar-refractivity contribution < 1.29 is 0 Å². The first kappa shape index (κ1) is 7.61. The Morgan fingerprint density at radius 1 is 1.00 bits per heavy atom. The molecule has 0 heteroatoms. The molecule has 0 spiro atoms. The molecule has 0 amide bonds. The third-order valence-electron chi connectivity index (χ3n) is 3.90. The summed E-state index contributed by atoms with van der Waals surface area (Å²) in [6.45, 7) is 0. The summed E-state index contributed by atoms with van der Waals surface area (Å²) < 4.78 is 0. The van der Waals surface area contributed by atoms with E-state index in [1.807, 2.05) is 0 Å². The van der Waals surface area contributed by atoms with Gasteiger partial charge in [0.05, 0.1) is 0 Å². The van der Waals surface area contributed by atoms with Crippen LogP contribution in [-0.4, -0.2) is 0 Å². The van der Waals surface area contributed by atoms with Crippen LogP contribution in [0.5, 0.6) is 0 Å². The minimum Gasteiger partial charge on any atom is -0.0620 e. The van der Waals surface area contributed by atoms with Gasteiger partial charge in [-0.1, -0.05) is 30.7 Å². The second-order valence-electron chi connectivity index (χ2n) is 4.53. The Morgan fingerprint density at radius 3 is 2.92 bits per heavy atom. The molecule has 0 bridgehead atoms. The molecule has 3 rings (SSSR count). The van der Waals surface area contributed by atoms with Gasteiger partial charge in [-0.25, -0.2) is 0 Å². The monoisotopic (exact) mass is 172 g/mol. The molecule has 68 valence electrons. The summed E-state index contributed by atoms with van der Waals surface area (Å²) in [7, 11) is 0. The van der Waals surface area contributed by atoms with Gasteiger partial charge in [-0.2, -0.15) is 0 Å². The Bertz CT molecular complexity index is 314. The van der Waals surface area contributed by atoms with Crippen molar-refractivity contribution in [2.24, 2.45) is 5.92 Å². The SMILES string of the molecule is c1ccc2c(c1)CCC1CCC[C@@H]21. The summed E-state index contributed by atoms with van der Waals surface area (Å²) in [5.74, 6) is 1.94. The molecule has 0 nitrogen and oxygen atoms in total. The molecule has 1 unspecified atom stereocenters. The van der Waals surface area contributed by atoms with E-state index in [2.05, 4.69) is 24.3 Å². The topological polar surface area (TPSA) is 0 Å². The maximum Gasteiger partial charge on any atom is -0.0131 e. The predicted molar refractivity (Wildman–Crippen MR) is 54.8 cm³/mol. The van der Waals surface area contributed by atoms with Gasteiger partial charge in [0.2, 0.25) is 0 Å². The summed E-state index contributed by atoms with van der Waals surface area (Å²) >= 11 is 0. The number of benzene rings is 1. The standard InChI is InChI=1S/C13H16/c1-2-6-12-10(4-1)8-9-11-5-3-7-13(11)12/h1-2,4,6,11,13H,3,5,7-9H2/t11?,13-/m1/s1. The van der Waals surface area contributed by atoms with Gasteiger partial charge >= 0.3 is 0 Å². The first-order valence-electron chi connectivity index (χ1n) is 5.53. The zero-order chi connectivity index (χ0) is 8.67. The van der Waals surface area contributed by atoms with Crippen LogP contribution in [0.3, 0.4) is 0 Å². The van der Waals surface area contributed by atoms with Crippen molar-refractivity contribution in [3.63, 3.8) is 0 Å². The highest BCUT2D eigenvalue weighted by molar-refractivity contribution is 5.34. The smallest absolute Gasteiger partial charge is 0.0131 e. The average Bonchev–Trinajstić information content (AvgIpc) is 2.65. The lowest BCUT2D eigenvalue weighted by molar-refractivity contribution is 0.423. The van der Waals surface area contributed by atoms with Gasteiger partial charge in [0.25, 0.3) is 0 Å². The molecule has 2 atom stereocenters. The molecule has 0 saturated heterocycles. The molecule has 0 aliphatic heterocycles. The quantitative estimate of drug-likeness (QED) is 0.561. The van der Waals surface area contributed by atoms with Crippen LogP contribution in [0.2, 0.25) is 0 Å². The van der Waals surface area contributed by atoms with Gasteiger partial charge < -0.3 is 0 Å². The second-order valence-corrected chi connectivity index (χ2v) is 4.53. The van der Waals surface area contributed by atoms with Crippen LogP contribution >= 0.6 is 0 Å². The van der Waals surface area contributed by atoms with Gasteiger partial charge in [-0.05, 0) is 48.6 Å². The van der Waals surface area contributed by atoms with Gasteiger partial charge in [0, 0.05) is 0 Å². The van der Waals surface area contributed by atoms with Gasteiger partial charge in [0.15, 0.2) is 0 Å². The fourth-order valence-corrected chi connectivity index (χ4v) is 3.26. The maximum absolute atomic E-state index is 2.36. The van der Waals surface area contributed by atoms with Gasteiger partial charge in [0.1, 0.15) is 0 Å². The highest BCUT2D eigenvalue weighted by Crippen LogP contribution is 2.46. The van der Waals surface area contributed by atoms with E-state index in [1.54, 1.807) is 11.1 Å². The maximum atomic E-state index is 2.36. The predicted octanol–water partition coefficient (Wildman–Crippen LogP) is 3.52. The highest BCUT2D eigenvalue weighted by atomic mass is 14.4. The lowest BCUT2D eigenvalue weighted by Crippen LogP contribution is -2.15. The molecule has 0 N–H and O–H groups in total. The van der Waals surface area contributed by atoms with Gasteiger partial charge in [-0.15, -0.1) is 0 Å². The molecule has 2 aliphatic rings. The fourth-order valence-electron chi connectivity index (χ4n) is 3.26. The summed E-state index contributed by atoms with van der Waals surface area (Å²) in [6.07, 6.45) is 7.17. The third-order valence-corrected chi connectivity index (χ3v) is 3.90. The Labute approximate surface area is 80.0 Å². The van der Waals surface area contributed by atoms with Crippen molar-refractivity contribution >= 4 is 0 Å². The van der Waals surface area contributed by atoms with Crippen LogP contribution in [0.1, 0.15) is 42.7 Å². The third kappa shape index (κ3) is 1.12. The fraction of sp³-hybridized carbons (Fsp3) is 0.538. The first-order valence-corrected chi connectivity index (χ1v) is 5.53. The second kappa shape index (κ2) is 2.87. The van der Waals surface area contributed by atoms with Crippen molar-refractivity contribution in [1.29, 1.82) is 0 Å². The number of rotatable bonds is 0. The molecule has 1 fully saturated rings. The normalized spacial score (nSPS) is 31.1. The number of fused-ring (bicyclic) bond motifs is 3. The molecule has 0 aromatic heterocycles. The van der Waals surface area contributed by atoms with E-state index in [0.29, 0.717) is 0 Å². The molecule has 1 saturated carbocycles. The Balaban J connectivity index is 2.06. The lowest BCUT2D eigenvalue weighted by Gasteiger charge is -2.28. The van der Waals surface area contributed by atoms with Crippen molar-refractivity contribution in [2.75, 3.05) is 0 Å². The van der Waals surface area contributed by atoms with Gasteiger partial charge in [-0.3, -0.25) is 0 Å². The van der Waals surface area contributed by atoms with E-state index >= 15 is 0 Å². The molecule has 13 heavy (non-hydrogen) atoms. The average molecular weight is 172 g/mol. The van der Waals surface area contributed by atoms with E-state index in [0.717, 1.165) is 11.8 Å². The minimum absolute atomic E-state index is 0.921. The largest absolute Gasteiger partial charge is 0.0620 e. The van der Waals surface area contributed by atoms with Crippen LogP contribution in [0.15, 0.2) is 24.3 Å². The van der Waals surface area contributed by atoms with Crippen LogP contribution in [0, 0.1) is 5.92 Å². The van der Waals surface area contributed by atoms with Crippen molar-refractivity contribution in [3.05, 3.63) is 35.4 Å². The van der Waals surface area contributed by atoms with E-state index < -0.39 is 0 Å². The van der Waals surface area contributed by atoms with E-state index in [4.69, 9.17) is 0 Å². The summed E-state index contributed by atoms with van der Waals surface area (Å²) in [5, 5.41) is 0. The zero-order valence-corrected chi connectivity index (χ0v) is 8.00. The molecule has 1 aromatic carbocycles. The zero-order valence-electron chi connectivity index (χ0n) is 8.00. The van der Waals surface area contributed by atoms with E-state index in [1.165, 1.54) is 32.1 Å². The first-order chi connectivity index (χ1) is 6.45. The Morgan fingerprint density at radius 2 is 1.92 bits per heavy atom. The summed E-state index contributed by atoms with van der Waals surface area (Å²) in [5.41, 5.74) is 3.31. The van der Waals surface area contributed by atoms with Crippen LogP contribution in [-0.2, 0) is 6.42 Å². The van der Waals surface area contributed by atoms with Crippen molar-refractivity contribution in [2.45, 2.75) is 38.0 Å². The summed E-state index contributed by atoms with van der Waals surface area (Å²) in [6, 6.07) is 9.08. The Kier molecular flexibility index (Phi) is 1.68. The lowest BCUT2D eigenvalue weighted by atomic mass is 9.77. The molecule has 0 heterocycles. The van der Waals surface area contributed by atoms with Crippen molar-refractivity contribution in [3.8, 4) is 0 Å². The van der Waals surface area contributed by atoms with Crippen LogP contribution < -0.4 is 0 Å². The highest BCUT2D eigenvalue weighted by Gasteiger charge is 2.32. The number of hydrogen-bond acceptors (Lipinski definition) is 0. The van der Waals surface area contributed by atoms with Crippen molar-refractivity contribution in [1.82, 2.24) is 0 Å². The minimum atomic E-state index is 0.921. The molecule has 1 aromatic rings. The number of aryl methyl sites for hydroxylation is 1. The molecular formula is C13H16. The van der Waals surface area contributed by atoms with Crippen LogP contribution in [0.4, 0.5) is 0 Å². The molecular weight excluding hydrogens is 156 g/mol. The van der Waals surface area contributed by atoms with Crippen LogP contribution in [0.25, 0.3) is 0 Å². The summed E-state index contributed by atoms with van der Waals surface area (Å²) in [4.78, 5) is 0. The Hall–Kier alpha value is -0.780. The molecule has 0 radical (unpaired) electrons. The number of hydrogen-bond donors (Lipinski definition) is 0. The van der Waals surface area contributed by atoms with E-state index in [9.17, 15) is 0 Å².